The summed E-state index contributed by atoms with van der Waals surface area (Å²) in [7, 11) is 0. The van der Waals surface area contributed by atoms with Crippen molar-refractivity contribution in [3.05, 3.63) is 52.5 Å². The molecule has 21 heavy (non-hydrogen) atoms. The second kappa shape index (κ2) is 8.42. The zero-order valence-electron chi connectivity index (χ0n) is 11.7. The summed E-state index contributed by atoms with van der Waals surface area (Å²) in [6.07, 6.45) is 2.02. The van der Waals surface area contributed by atoms with Crippen LogP contribution in [-0.4, -0.2) is 19.1 Å². The van der Waals surface area contributed by atoms with Crippen molar-refractivity contribution in [1.82, 2.24) is 5.32 Å². The lowest BCUT2D eigenvalue weighted by Gasteiger charge is -2.07. The Morgan fingerprint density at radius 3 is 2.76 bits per heavy atom. The van der Waals surface area contributed by atoms with E-state index in [2.05, 4.69) is 5.32 Å². The molecule has 0 saturated heterocycles. The molecular weight excluding hydrogens is 289 g/mol. The molecule has 0 radical (unpaired) electrons. The molecule has 0 aliphatic carbocycles. The number of thiophene rings is 1. The Hall–Kier alpha value is -1.88. The van der Waals surface area contributed by atoms with E-state index >= 15 is 0 Å². The standard InChI is InChI=1S/C16H18FNO2S/c17-13-4-6-14(7-5-13)20-11-2-10-18-16(19)9-8-15-3-1-12-21-15/h1,3-7,12H,2,8-11H2,(H,18,19). The molecule has 5 heteroatoms. The Morgan fingerprint density at radius 1 is 1.24 bits per heavy atom. The van der Waals surface area contributed by atoms with Gasteiger partial charge in [-0.3, -0.25) is 4.79 Å². The number of hydrogen-bond donors (Lipinski definition) is 1. The lowest BCUT2D eigenvalue weighted by Crippen LogP contribution is -2.25. The largest absolute Gasteiger partial charge is 0.494 e. The maximum atomic E-state index is 12.7. The zero-order chi connectivity index (χ0) is 14.9. The van der Waals surface area contributed by atoms with Crippen LogP contribution < -0.4 is 10.1 Å². The minimum Gasteiger partial charge on any atom is -0.494 e. The number of carbonyl (C=O) groups is 1. The molecule has 112 valence electrons. The molecule has 1 heterocycles. The van der Waals surface area contributed by atoms with Gasteiger partial charge in [0, 0.05) is 17.8 Å². The van der Waals surface area contributed by atoms with Crippen LogP contribution in [0, 0.1) is 5.82 Å². The van der Waals surface area contributed by atoms with Crippen LogP contribution in [0.1, 0.15) is 17.7 Å². The molecule has 0 unspecified atom stereocenters. The molecule has 1 aromatic carbocycles. The Labute approximate surface area is 127 Å². The van der Waals surface area contributed by atoms with Gasteiger partial charge in [0.05, 0.1) is 6.61 Å². The average molecular weight is 307 g/mol. The van der Waals surface area contributed by atoms with Crippen molar-refractivity contribution in [1.29, 1.82) is 0 Å². The van der Waals surface area contributed by atoms with E-state index in [4.69, 9.17) is 4.74 Å². The van der Waals surface area contributed by atoms with Gasteiger partial charge in [-0.05, 0) is 48.6 Å². The van der Waals surface area contributed by atoms with Gasteiger partial charge in [-0.1, -0.05) is 6.07 Å². The highest BCUT2D eigenvalue weighted by Gasteiger charge is 2.02. The highest BCUT2D eigenvalue weighted by atomic mass is 32.1. The Balaban J connectivity index is 1.53. The van der Waals surface area contributed by atoms with Crippen LogP contribution in [0.5, 0.6) is 5.75 Å². The zero-order valence-corrected chi connectivity index (χ0v) is 12.5. The monoisotopic (exact) mass is 307 g/mol. The number of hydrogen-bond acceptors (Lipinski definition) is 3. The number of carbonyl (C=O) groups excluding carboxylic acids is 1. The number of nitrogens with one attached hydrogen (secondary N) is 1. The molecule has 0 aliphatic rings. The molecule has 0 saturated carbocycles. The number of rotatable bonds is 8. The van der Waals surface area contributed by atoms with E-state index in [1.165, 1.54) is 17.0 Å². The summed E-state index contributed by atoms with van der Waals surface area (Å²) in [5.74, 6) is 0.422. The third-order valence-corrected chi connectivity index (χ3v) is 3.84. The number of halogens is 1. The van der Waals surface area contributed by atoms with Crippen LogP contribution in [0.2, 0.25) is 0 Å². The predicted molar refractivity (Wildman–Crippen MR) is 82.2 cm³/mol. The van der Waals surface area contributed by atoms with Crippen molar-refractivity contribution in [3.63, 3.8) is 0 Å². The van der Waals surface area contributed by atoms with Crippen LogP contribution >= 0.6 is 11.3 Å². The Kier molecular flexibility index (Phi) is 6.22. The summed E-state index contributed by atoms with van der Waals surface area (Å²) in [6.45, 7) is 1.08. The minimum atomic E-state index is -0.277. The number of ether oxygens (including phenoxy) is 1. The molecule has 3 nitrogen and oxygen atoms in total. The van der Waals surface area contributed by atoms with E-state index < -0.39 is 0 Å². The smallest absolute Gasteiger partial charge is 0.220 e. The number of aryl methyl sites for hydroxylation is 1. The first kappa shape index (κ1) is 15.5. The van der Waals surface area contributed by atoms with Gasteiger partial charge in [-0.25, -0.2) is 4.39 Å². The Bertz CT molecular complexity index is 540. The van der Waals surface area contributed by atoms with E-state index in [0.717, 1.165) is 12.8 Å². The highest BCUT2D eigenvalue weighted by molar-refractivity contribution is 7.09. The van der Waals surface area contributed by atoms with E-state index in [1.807, 2.05) is 17.5 Å². The van der Waals surface area contributed by atoms with Crippen LogP contribution in [0.25, 0.3) is 0 Å². The summed E-state index contributed by atoms with van der Waals surface area (Å²) in [5, 5.41) is 4.88. The quantitative estimate of drug-likeness (QED) is 0.759. The average Bonchev–Trinajstić information content (AvgIpc) is 3.00. The van der Waals surface area contributed by atoms with Gasteiger partial charge in [-0.2, -0.15) is 0 Å². The minimum absolute atomic E-state index is 0.0604. The van der Waals surface area contributed by atoms with E-state index in [9.17, 15) is 9.18 Å². The van der Waals surface area contributed by atoms with Crippen LogP contribution in [-0.2, 0) is 11.2 Å². The summed E-state index contributed by atoms with van der Waals surface area (Å²) in [4.78, 5) is 12.8. The van der Waals surface area contributed by atoms with Gasteiger partial charge in [0.15, 0.2) is 0 Å². The second-order valence-corrected chi connectivity index (χ2v) is 5.62. The van der Waals surface area contributed by atoms with Gasteiger partial charge in [0.1, 0.15) is 11.6 Å². The van der Waals surface area contributed by atoms with Gasteiger partial charge < -0.3 is 10.1 Å². The van der Waals surface area contributed by atoms with Crippen LogP contribution in [0.4, 0.5) is 4.39 Å². The van der Waals surface area contributed by atoms with Crippen molar-refractivity contribution < 1.29 is 13.9 Å². The summed E-state index contributed by atoms with van der Waals surface area (Å²) < 4.78 is 18.1. The third kappa shape index (κ3) is 5.95. The molecule has 0 aliphatic heterocycles. The molecule has 1 aromatic heterocycles. The summed E-state index contributed by atoms with van der Waals surface area (Å²) in [5.41, 5.74) is 0. The number of amides is 1. The molecule has 0 bridgehead atoms. The van der Waals surface area contributed by atoms with Crippen molar-refractivity contribution in [2.75, 3.05) is 13.2 Å². The molecule has 1 N–H and O–H groups in total. The lowest BCUT2D eigenvalue weighted by molar-refractivity contribution is -0.121. The van der Waals surface area contributed by atoms with Gasteiger partial charge in [0.2, 0.25) is 5.91 Å². The highest BCUT2D eigenvalue weighted by Crippen LogP contribution is 2.11. The third-order valence-electron chi connectivity index (χ3n) is 2.90. The van der Waals surface area contributed by atoms with Crippen molar-refractivity contribution >= 4 is 17.2 Å². The van der Waals surface area contributed by atoms with E-state index in [0.29, 0.717) is 25.3 Å². The molecule has 2 aromatic rings. The first-order chi connectivity index (χ1) is 10.2. The lowest BCUT2D eigenvalue weighted by atomic mass is 10.2. The number of benzene rings is 1. The van der Waals surface area contributed by atoms with E-state index in [-0.39, 0.29) is 11.7 Å². The first-order valence-electron chi connectivity index (χ1n) is 6.91. The van der Waals surface area contributed by atoms with Crippen LogP contribution in [0.15, 0.2) is 41.8 Å². The molecule has 2 rings (SSSR count). The normalized spacial score (nSPS) is 10.3. The molecule has 1 amide bonds. The van der Waals surface area contributed by atoms with Gasteiger partial charge in [-0.15, -0.1) is 11.3 Å². The molecule has 0 spiro atoms. The van der Waals surface area contributed by atoms with E-state index in [1.54, 1.807) is 23.5 Å². The fourth-order valence-corrected chi connectivity index (χ4v) is 2.51. The van der Waals surface area contributed by atoms with Crippen molar-refractivity contribution in [2.45, 2.75) is 19.3 Å². The van der Waals surface area contributed by atoms with Crippen molar-refractivity contribution in [3.8, 4) is 5.75 Å². The maximum absolute atomic E-state index is 12.7. The SMILES string of the molecule is O=C(CCc1cccs1)NCCCOc1ccc(F)cc1. The Morgan fingerprint density at radius 2 is 2.05 bits per heavy atom. The molecular formula is C16H18FNO2S. The van der Waals surface area contributed by atoms with Crippen molar-refractivity contribution in [2.24, 2.45) is 0 Å². The maximum Gasteiger partial charge on any atom is 0.220 e. The summed E-state index contributed by atoms with van der Waals surface area (Å²) in [6, 6.07) is 9.94. The predicted octanol–water partition coefficient (Wildman–Crippen LogP) is 3.41. The fourth-order valence-electron chi connectivity index (χ4n) is 1.80. The summed E-state index contributed by atoms with van der Waals surface area (Å²) >= 11 is 1.67. The van der Waals surface area contributed by atoms with Gasteiger partial charge >= 0.3 is 0 Å². The first-order valence-corrected chi connectivity index (χ1v) is 7.79. The van der Waals surface area contributed by atoms with Gasteiger partial charge in [0.25, 0.3) is 0 Å². The fraction of sp³-hybridized carbons (Fsp3) is 0.312. The second-order valence-electron chi connectivity index (χ2n) is 4.59. The molecule has 0 atom stereocenters. The molecule has 0 fully saturated rings. The van der Waals surface area contributed by atoms with Crippen LogP contribution in [0.3, 0.4) is 0 Å². The topological polar surface area (TPSA) is 38.3 Å².